The summed E-state index contributed by atoms with van der Waals surface area (Å²) >= 11 is 0. The Hall–Kier alpha value is 0.175. The Morgan fingerprint density at radius 3 is 2.00 bits per heavy atom. The second-order valence-electron chi connectivity index (χ2n) is 3.20. The van der Waals surface area contributed by atoms with Crippen LogP contribution in [0.4, 0.5) is 0 Å². The van der Waals surface area contributed by atoms with E-state index < -0.39 is 0 Å². The van der Waals surface area contributed by atoms with E-state index in [9.17, 15) is 0 Å². The first kappa shape index (κ1) is 9.40. The van der Waals surface area contributed by atoms with Crippen LogP contribution in [0, 0.1) is 0 Å². The van der Waals surface area contributed by atoms with Gasteiger partial charge in [-0.2, -0.15) is 0 Å². The van der Waals surface area contributed by atoms with Gasteiger partial charge in [-0.15, -0.1) is 0 Å². The van der Waals surface area contributed by atoms with Gasteiger partial charge in [0.2, 0.25) is 0 Å². The molecule has 3 aliphatic heterocycles. The molecule has 5 N–H and O–H groups in total. The van der Waals surface area contributed by atoms with Crippen molar-refractivity contribution in [3.8, 4) is 0 Å². The first-order valence-electron chi connectivity index (χ1n) is 4.44. The molecule has 3 aliphatic rings. The van der Waals surface area contributed by atoms with Crippen molar-refractivity contribution in [3.63, 3.8) is 0 Å². The fourth-order valence-corrected chi connectivity index (χ4v) is 1.59. The highest BCUT2D eigenvalue weighted by Crippen LogP contribution is 1.99. The van der Waals surface area contributed by atoms with Crippen molar-refractivity contribution >= 4 is 52.0 Å². The molecule has 0 bridgehead atoms. The summed E-state index contributed by atoms with van der Waals surface area (Å²) in [5.41, 5.74) is 0. The Morgan fingerprint density at radius 1 is 0.857 bits per heavy atom. The van der Waals surface area contributed by atoms with Crippen molar-refractivity contribution in [3.05, 3.63) is 0 Å². The van der Waals surface area contributed by atoms with Gasteiger partial charge in [0.15, 0.2) is 0 Å². The Morgan fingerprint density at radius 2 is 1.43 bits per heavy atom. The lowest BCUT2D eigenvalue weighted by Crippen LogP contribution is -2.87. The lowest BCUT2D eigenvalue weighted by atomic mass is 9.52. The van der Waals surface area contributed by atoms with Crippen LogP contribution in [0.2, 0.25) is 0 Å². The molecule has 3 saturated heterocycles. The molecule has 0 aromatic heterocycles. The molecule has 14 heavy (non-hydrogen) atoms. The quantitative estimate of drug-likeness (QED) is 0.237. The van der Waals surface area contributed by atoms with E-state index in [0.717, 1.165) is 0 Å². The van der Waals surface area contributed by atoms with E-state index in [1.807, 2.05) is 31.9 Å². The maximum atomic E-state index is 3.35. The molecule has 0 amide bonds. The number of hydrogen-bond donors (Lipinski definition) is 5. The van der Waals surface area contributed by atoms with E-state index in [1.165, 1.54) is 0 Å². The van der Waals surface area contributed by atoms with Gasteiger partial charge in [0, 0.05) is 0 Å². The summed E-state index contributed by atoms with van der Waals surface area (Å²) in [6.07, 6.45) is 0. The highest BCUT2D eigenvalue weighted by molar-refractivity contribution is 6.94. The summed E-state index contributed by atoms with van der Waals surface area (Å²) in [6, 6.07) is 0. The van der Waals surface area contributed by atoms with Gasteiger partial charge >= 0.3 is 14.2 Å². The van der Waals surface area contributed by atoms with Crippen LogP contribution < -0.4 is 25.7 Å². The van der Waals surface area contributed by atoms with Crippen molar-refractivity contribution in [1.29, 1.82) is 0 Å². The molecule has 0 aromatic rings. The van der Waals surface area contributed by atoms with E-state index in [-0.39, 0.29) is 14.2 Å². The summed E-state index contributed by atoms with van der Waals surface area (Å²) in [5.74, 6) is 0. The first-order valence-corrected chi connectivity index (χ1v) is 4.44. The minimum atomic E-state index is 0.0879. The van der Waals surface area contributed by atoms with Gasteiger partial charge in [-0.1, -0.05) is 0 Å². The van der Waals surface area contributed by atoms with Gasteiger partial charge in [0.25, 0.3) is 37.7 Å². The van der Waals surface area contributed by atoms with E-state index in [4.69, 9.17) is 0 Å². The predicted molar refractivity (Wildman–Crippen MR) is 59.6 cm³/mol. The van der Waals surface area contributed by atoms with Gasteiger partial charge in [-0.05, 0) is 0 Å². The van der Waals surface area contributed by atoms with Crippen LogP contribution in [0.3, 0.4) is 0 Å². The fraction of sp³-hybridized carbons (Fsp3) is 0. The Balaban J connectivity index is 1.68. The third kappa shape index (κ3) is 1.67. The monoisotopic (exact) mass is 180 g/mol. The molecule has 5 radical (unpaired) electrons. The van der Waals surface area contributed by atoms with Crippen molar-refractivity contribution in [2.24, 2.45) is 0 Å². The van der Waals surface area contributed by atoms with Crippen LogP contribution >= 0.6 is 0 Å². The van der Waals surface area contributed by atoms with Crippen LogP contribution in [-0.4, -0.2) is 61.2 Å². The standard InChI is InChI=1S/B7H5N7/c1-8-3-13-5-14-4-9-2-11-7(14)12-6(13)10-1/h8-12H. The highest BCUT2D eigenvalue weighted by Gasteiger charge is 2.42. The molecule has 0 spiro atoms. The maximum Gasteiger partial charge on any atom is 0.356 e. The van der Waals surface area contributed by atoms with E-state index >= 15 is 0 Å². The average Bonchev–Trinajstić information content (AvgIpc) is 2.26. The number of nitrogens with one attached hydrogen (secondary N) is 5. The zero-order chi connectivity index (χ0) is 9.38. The molecule has 3 fully saturated rings. The average molecular weight is 179 g/mol. The fourth-order valence-electron chi connectivity index (χ4n) is 1.59. The normalized spacial score (nSPS) is 27.1. The van der Waals surface area contributed by atoms with E-state index in [1.54, 1.807) is 15.1 Å². The molecule has 0 atom stereocenters. The summed E-state index contributed by atoms with van der Waals surface area (Å²) in [7, 11) is 9.53. The van der Waals surface area contributed by atoms with Crippen LogP contribution in [-0.2, 0) is 0 Å². The molecule has 0 unspecified atom stereocenters. The summed E-state index contributed by atoms with van der Waals surface area (Å²) in [4.78, 5) is 0. The molecule has 0 aromatic carbocycles. The second-order valence-corrected chi connectivity index (χ2v) is 3.20. The molecular weight excluding hydrogens is 174 g/mol. The Labute approximate surface area is 87.6 Å². The largest absolute Gasteiger partial charge is 0.381 e. The van der Waals surface area contributed by atoms with Gasteiger partial charge in [0.05, 0.1) is 0 Å². The third-order valence-electron chi connectivity index (χ3n) is 2.27. The first-order chi connectivity index (χ1) is 6.93. The molecule has 7 nitrogen and oxygen atoms in total. The third-order valence-corrected chi connectivity index (χ3v) is 2.27. The number of rotatable bonds is 0. The molecule has 3 rings (SSSR count). The minimum absolute atomic E-state index is 0.0879. The van der Waals surface area contributed by atoms with Crippen LogP contribution in [0.15, 0.2) is 0 Å². The zero-order valence-electron chi connectivity index (χ0n) is 7.44. The second kappa shape index (κ2) is 3.97. The number of nitrogens with zero attached hydrogens (tertiary/aromatic N) is 2. The van der Waals surface area contributed by atoms with Gasteiger partial charge in [-0.25, -0.2) is 0 Å². The SMILES string of the molecule is [B]1N[B]N2[B]N3[B]N[B]NB3NB2N1. The summed E-state index contributed by atoms with van der Waals surface area (Å²) in [6.45, 7) is 0. The summed E-state index contributed by atoms with van der Waals surface area (Å²) in [5, 5.41) is 15.6. The Bertz CT molecular complexity index is 168. The Kier molecular flexibility index (Phi) is 2.67. The predicted octanol–water partition coefficient (Wildman–Crippen LogP) is -5.78. The summed E-state index contributed by atoms with van der Waals surface area (Å²) < 4.78 is 4.00. The smallest absolute Gasteiger partial charge is 0.356 e. The lowest BCUT2D eigenvalue weighted by molar-refractivity contribution is 0.789. The van der Waals surface area contributed by atoms with E-state index in [2.05, 4.69) is 25.7 Å². The molecule has 14 heteroatoms. The highest BCUT2D eigenvalue weighted by atomic mass is 15.3. The van der Waals surface area contributed by atoms with Crippen molar-refractivity contribution in [2.75, 3.05) is 0 Å². The van der Waals surface area contributed by atoms with Crippen molar-refractivity contribution in [1.82, 2.24) is 35.0 Å². The molecule has 0 aliphatic carbocycles. The molecule has 0 saturated carbocycles. The van der Waals surface area contributed by atoms with Gasteiger partial charge < -0.3 is 35.0 Å². The molecular formula is H5B7N7. The minimum Gasteiger partial charge on any atom is -0.381 e. The van der Waals surface area contributed by atoms with Crippen LogP contribution in [0.1, 0.15) is 0 Å². The molecule has 61 valence electrons. The maximum absolute atomic E-state index is 3.35. The van der Waals surface area contributed by atoms with Crippen LogP contribution in [0.25, 0.3) is 0 Å². The number of fused-ring (bicyclic) bond motifs is 2. The van der Waals surface area contributed by atoms with Gasteiger partial charge in [-0.3, -0.25) is 0 Å². The van der Waals surface area contributed by atoms with Crippen molar-refractivity contribution < 1.29 is 0 Å². The lowest BCUT2D eigenvalue weighted by Gasteiger charge is -2.46. The van der Waals surface area contributed by atoms with Crippen LogP contribution in [0.5, 0.6) is 0 Å². The zero-order valence-corrected chi connectivity index (χ0v) is 7.44. The van der Waals surface area contributed by atoms with Crippen molar-refractivity contribution in [2.45, 2.75) is 0 Å². The molecule has 3 heterocycles. The number of hydrogen-bond acceptors (Lipinski definition) is 7. The van der Waals surface area contributed by atoms with E-state index in [0.29, 0.717) is 0 Å². The van der Waals surface area contributed by atoms with Gasteiger partial charge in [0.1, 0.15) is 0 Å². The topological polar surface area (TPSA) is 66.6 Å².